The van der Waals surface area contributed by atoms with Crippen LogP contribution in [0.5, 0.6) is 11.5 Å². The summed E-state index contributed by atoms with van der Waals surface area (Å²) in [6.45, 7) is 5.75. The van der Waals surface area contributed by atoms with Gasteiger partial charge < -0.3 is 9.47 Å². The van der Waals surface area contributed by atoms with Gasteiger partial charge in [-0.25, -0.2) is 17.7 Å². The number of hydrazone groups is 1. The van der Waals surface area contributed by atoms with E-state index in [9.17, 15) is 13.2 Å². The number of carbonyl (C=O) groups excluding carboxylic acids is 1. The highest BCUT2D eigenvalue weighted by molar-refractivity contribution is 7.88. The lowest BCUT2D eigenvalue weighted by molar-refractivity contribution is -0.141. The minimum atomic E-state index is -3.23. The highest BCUT2D eigenvalue weighted by Crippen LogP contribution is 2.38. The minimum absolute atomic E-state index is 0.0160. The number of nitrogens with zero attached hydrogens (tertiary/aromatic N) is 3. The van der Waals surface area contributed by atoms with Gasteiger partial charge in [0.2, 0.25) is 15.9 Å². The lowest BCUT2D eigenvalue weighted by Crippen LogP contribution is -2.52. The molecule has 0 aromatic heterocycles. The zero-order valence-electron chi connectivity index (χ0n) is 19.6. The van der Waals surface area contributed by atoms with Crippen molar-refractivity contribution in [3.63, 3.8) is 0 Å². The molecule has 1 amide bonds. The Balaban J connectivity index is 1.67. The molecule has 0 radical (unpaired) electrons. The van der Waals surface area contributed by atoms with Gasteiger partial charge in [-0.2, -0.15) is 5.10 Å². The molecule has 2 heterocycles. The van der Waals surface area contributed by atoms with Gasteiger partial charge in [0.15, 0.2) is 11.5 Å². The number of amides is 1. The number of rotatable bonds is 7. The van der Waals surface area contributed by atoms with Crippen molar-refractivity contribution in [2.45, 2.75) is 45.6 Å². The van der Waals surface area contributed by atoms with Gasteiger partial charge in [0.05, 0.1) is 37.1 Å². The predicted octanol–water partition coefficient (Wildman–Crippen LogP) is 3.04. The third-order valence-corrected chi connectivity index (χ3v) is 7.92. The molecule has 1 aromatic rings. The molecule has 1 aromatic carbocycles. The zero-order valence-corrected chi connectivity index (χ0v) is 20.4. The molecule has 1 aliphatic carbocycles. The molecule has 33 heavy (non-hydrogen) atoms. The Bertz CT molecular complexity index is 1040. The molecular weight excluding hydrogens is 442 g/mol. The van der Waals surface area contributed by atoms with Crippen LogP contribution in [0.3, 0.4) is 0 Å². The van der Waals surface area contributed by atoms with Crippen LogP contribution in [-0.4, -0.2) is 68.0 Å². The Hall–Kier alpha value is -2.39. The average Bonchev–Trinajstić information content (AvgIpc) is 2.81. The summed E-state index contributed by atoms with van der Waals surface area (Å²) in [5, 5.41) is 6.55. The van der Waals surface area contributed by atoms with E-state index in [0.717, 1.165) is 17.7 Å². The van der Waals surface area contributed by atoms with Gasteiger partial charge in [-0.3, -0.25) is 4.79 Å². The normalized spacial score (nSPS) is 24.4. The topological polar surface area (TPSA) is 88.5 Å². The number of piperidine rings is 1. The number of hydrogen-bond donors (Lipinski definition) is 0. The van der Waals surface area contributed by atoms with Crippen molar-refractivity contribution in [1.29, 1.82) is 0 Å². The van der Waals surface area contributed by atoms with Crippen LogP contribution in [0.1, 0.15) is 45.1 Å². The maximum absolute atomic E-state index is 13.4. The number of ether oxygens (including phenoxy) is 2. The Labute approximate surface area is 196 Å². The number of fused-ring (bicyclic) bond motifs is 1. The van der Waals surface area contributed by atoms with Gasteiger partial charge >= 0.3 is 0 Å². The van der Waals surface area contributed by atoms with E-state index in [2.05, 4.69) is 12.2 Å². The van der Waals surface area contributed by atoms with Crippen LogP contribution in [0.25, 0.3) is 0 Å². The average molecular weight is 476 g/mol. The number of benzene rings is 1. The summed E-state index contributed by atoms with van der Waals surface area (Å²) in [4.78, 5) is 13.4. The van der Waals surface area contributed by atoms with Crippen LogP contribution in [0.4, 0.5) is 0 Å². The van der Waals surface area contributed by atoms with Crippen molar-refractivity contribution in [2.75, 3.05) is 32.6 Å². The number of hydrogen-bond acceptors (Lipinski definition) is 6. The highest BCUT2D eigenvalue weighted by Gasteiger charge is 2.43. The highest BCUT2D eigenvalue weighted by atomic mass is 32.2. The first-order valence-corrected chi connectivity index (χ1v) is 13.6. The molecule has 1 fully saturated rings. The first-order chi connectivity index (χ1) is 15.8. The Kier molecular flexibility index (Phi) is 7.09. The molecule has 2 aliphatic heterocycles. The lowest BCUT2D eigenvalue weighted by Gasteiger charge is -2.42. The molecule has 180 valence electrons. The molecule has 2 atom stereocenters. The second-order valence-corrected chi connectivity index (χ2v) is 10.7. The second kappa shape index (κ2) is 9.85. The minimum Gasteiger partial charge on any atom is -0.490 e. The summed E-state index contributed by atoms with van der Waals surface area (Å²) in [7, 11) is -3.23. The summed E-state index contributed by atoms with van der Waals surface area (Å²) < 4.78 is 36.8. The van der Waals surface area contributed by atoms with Crippen LogP contribution in [-0.2, 0) is 14.8 Å². The first kappa shape index (κ1) is 23.8. The van der Waals surface area contributed by atoms with Gasteiger partial charge in [0.1, 0.15) is 0 Å². The van der Waals surface area contributed by atoms with Gasteiger partial charge in [-0.1, -0.05) is 12.2 Å². The fraction of sp³-hybridized carbons (Fsp3) is 0.583. The fourth-order valence-corrected chi connectivity index (χ4v) is 5.84. The summed E-state index contributed by atoms with van der Waals surface area (Å²) in [6.07, 6.45) is 8.06. The number of allylic oxidation sites excluding steroid dienone is 2. The van der Waals surface area contributed by atoms with Crippen molar-refractivity contribution >= 4 is 21.6 Å². The molecule has 9 heteroatoms. The molecule has 0 saturated carbocycles. The predicted molar refractivity (Wildman–Crippen MR) is 127 cm³/mol. The van der Waals surface area contributed by atoms with Gasteiger partial charge in [-0.05, 0) is 57.7 Å². The van der Waals surface area contributed by atoms with E-state index in [0.29, 0.717) is 57.1 Å². The van der Waals surface area contributed by atoms with Crippen molar-refractivity contribution in [2.24, 2.45) is 16.9 Å². The largest absolute Gasteiger partial charge is 0.490 e. The van der Waals surface area contributed by atoms with Crippen LogP contribution in [0, 0.1) is 11.8 Å². The third-order valence-electron chi connectivity index (χ3n) is 6.62. The van der Waals surface area contributed by atoms with Crippen molar-refractivity contribution in [1.82, 2.24) is 9.31 Å². The molecule has 1 saturated heterocycles. The molecule has 2 unspecified atom stereocenters. The summed E-state index contributed by atoms with van der Waals surface area (Å²) >= 11 is 0. The van der Waals surface area contributed by atoms with E-state index in [1.807, 2.05) is 32.0 Å². The Morgan fingerprint density at radius 2 is 1.64 bits per heavy atom. The third kappa shape index (κ3) is 4.94. The van der Waals surface area contributed by atoms with E-state index in [-0.39, 0.29) is 23.8 Å². The van der Waals surface area contributed by atoms with Gasteiger partial charge in [-0.15, -0.1) is 0 Å². The fourth-order valence-electron chi connectivity index (χ4n) is 4.96. The maximum atomic E-state index is 13.4. The number of sulfonamides is 1. The first-order valence-electron chi connectivity index (χ1n) is 11.7. The van der Waals surface area contributed by atoms with Gasteiger partial charge in [0, 0.05) is 24.6 Å². The monoisotopic (exact) mass is 475 g/mol. The molecule has 8 nitrogen and oxygen atoms in total. The molecule has 0 bridgehead atoms. The number of carbonyl (C=O) groups is 1. The maximum Gasteiger partial charge on any atom is 0.247 e. The standard InChI is InChI=1S/C24H33N3O5S/c1-4-31-21-11-10-17(16-22(21)32-5-2)23-19-8-6-7-9-20(19)24(28)27(25-23)18-12-14-26(15-13-18)33(3,29)30/h6-7,10-11,16,18-20H,4-5,8-9,12-15H2,1-3H3. The zero-order chi connectivity index (χ0) is 23.6. The lowest BCUT2D eigenvalue weighted by atomic mass is 9.76. The Morgan fingerprint density at radius 1 is 1.00 bits per heavy atom. The van der Waals surface area contributed by atoms with Crippen LogP contribution < -0.4 is 9.47 Å². The van der Waals surface area contributed by atoms with Crippen LogP contribution in [0.15, 0.2) is 35.5 Å². The summed E-state index contributed by atoms with van der Waals surface area (Å²) in [5.74, 6) is 1.27. The molecule has 0 N–H and O–H groups in total. The van der Waals surface area contributed by atoms with E-state index >= 15 is 0 Å². The van der Waals surface area contributed by atoms with Crippen LogP contribution in [0.2, 0.25) is 0 Å². The second-order valence-electron chi connectivity index (χ2n) is 8.74. The molecule has 3 aliphatic rings. The van der Waals surface area contributed by atoms with Crippen molar-refractivity contribution in [3.8, 4) is 11.5 Å². The molecule has 0 spiro atoms. The summed E-state index contributed by atoms with van der Waals surface area (Å²) in [5.41, 5.74) is 1.82. The van der Waals surface area contributed by atoms with Crippen LogP contribution >= 0.6 is 0 Å². The summed E-state index contributed by atoms with van der Waals surface area (Å²) in [6, 6.07) is 5.75. The van der Waals surface area contributed by atoms with E-state index in [1.165, 1.54) is 10.6 Å². The molecule has 4 rings (SSSR count). The quantitative estimate of drug-likeness (QED) is 0.566. The van der Waals surface area contributed by atoms with E-state index in [1.54, 1.807) is 5.01 Å². The SMILES string of the molecule is CCOc1ccc(C2=NN(C3CCN(S(C)(=O)=O)CC3)C(=O)C3CC=CCC23)cc1OCC. The van der Waals surface area contributed by atoms with Crippen molar-refractivity contribution in [3.05, 3.63) is 35.9 Å². The van der Waals surface area contributed by atoms with E-state index < -0.39 is 10.0 Å². The van der Waals surface area contributed by atoms with E-state index in [4.69, 9.17) is 14.6 Å². The van der Waals surface area contributed by atoms with Gasteiger partial charge in [0.25, 0.3) is 0 Å². The smallest absolute Gasteiger partial charge is 0.247 e. The van der Waals surface area contributed by atoms with Crippen molar-refractivity contribution < 1.29 is 22.7 Å². The molecular formula is C24H33N3O5S. The Morgan fingerprint density at radius 3 is 2.27 bits per heavy atom.